The van der Waals surface area contributed by atoms with Crippen molar-refractivity contribution in [3.05, 3.63) is 57.6 Å². The number of ether oxygens (including phenoxy) is 2. The first-order valence-electron chi connectivity index (χ1n) is 7.97. The van der Waals surface area contributed by atoms with Gasteiger partial charge in [0.15, 0.2) is 5.75 Å². The van der Waals surface area contributed by atoms with E-state index < -0.39 is 22.3 Å². The number of carbonyl (C=O) groups excluding carboxylic acids is 1. The van der Waals surface area contributed by atoms with Crippen molar-refractivity contribution < 1.29 is 24.3 Å². The van der Waals surface area contributed by atoms with Crippen molar-refractivity contribution in [2.24, 2.45) is 5.10 Å². The number of hydrogen-bond donors (Lipinski definition) is 2. The molecular formula is C18H19N3O6. The molecule has 2 rings (SSSR count). The average Bonchev–Trinajstić information content (AvgIpc) is 2.62. The number of methoxy groups -OCH3 is 1. The van der Waals surface area contributed by atoms with Gasteiger partial charge >= 0.3 is 5.69 Å². The summed E-state index contributed by atoms with van der Waals surface area (Å²) in [6, 6.07) is 9.01. The number of phenolic OH excluding ortho intramolecular Hbond substituents is 1. The lowest BCUT2D eigenvalue weighted by Crippen LogP contribution is -2.17. The van der Waals surface area contributed by atoms with E-state index in [0.717, 1.165) is 6.07 Å². The number of hydrazone groups is 1. The topological polar surface area (TPSA) is 123 Å². The number of phenols is 1. The molecule has 1 amide bonds. The molecule has 0 fully saturated rings. The Kier molecular flexibility index (Phi) is 6.32. The second-order valence-corrected chi connectivity index (χ2v) is 5.74. The van der Waals surface area contributed by atoms with Crippen LogP contribution in [-0.4, -0.2) is 35.4 Å². The number of benzene rings is 2. The third-order valence-electron chi connectivity index (χ3n) is 3.36. The van der Waals surface area contributed by atoms with Gasteiger partial charge in [0.05, 0.1) is 24.4 Å². The van der Waals surface area contributed by atoms with Gasteiger partial charge in [0.1, 0.15) is 5.75 Å². The fourth-order valence-electron chi connectivity index (χ4n) is 2.17. The van der Waals surface area contributed by atoms with Crippen molar-refractivity contribution >= 4 is 17.8 Å². The van der Waals surface area contributed by atoms with Crippen molar-refractivity contribution in [1.29, 1.82) is 0 Å². The van der Waals surface area contributed by atoms with Crippen molar-refractivity contribution in [2.75, 3.05) is 7.11 Å². The fraction of sp³-hybridized carbons (Fsp3) is 0.222. The Morgan fingerprint density at radius 2 is 1.96 bits per heavy atom. The smallest absolute Gasteiger partial charge is 0.315 e. The number of nitro groups is 1. The molecule has 142 valence electrons. The number of rotatable bonds is 7. The highest BCUT2D eigenvalue weighted by molar-refractivity contribution is 5.95. The molecule has 0 unspecified atom stereocenters. The Labute approximate surface area is 155 Å². The van der Waals surface area contributed by atoms with Crippen LogP contribution < -0.4 is 14.9 Å². The van der Waals surface area contributed by atoms with Crippen LogP contribution >= 0.6 is 0 Å². The first kappa shape index (κ1) is 19.7. The maximum atomic E-state index is 12.1. The van der Waals surface area contributed by atoms with Crippen LogP contribution in [0.5, 0.6) is 17.2 Å². The molecule has 0 aliphatic carbocycles. The van der Waals surface area contributed by atoms with Gasteiger partial charge in [0, 0.05) is 17.2 Å². The molecule has 2 aromatic carbocycles. The van der Waals surface area contributed by atoms with Crippen LogP contribution in [-0.2, 0) is 0 Å². The lowest BCUT2D eigenvalue weighted by Gasteiger charge is -2.09. The summed E-state index contributed by atoms with van der Waals surface area (Å²) in [5, 5.41) is 24.5. The van der Waals surface area contributed by atoms with Crippen LogP contribution in [0.1, 0.15) is 29.8 Å². The molecular weight excluding hydrogens is 354 g/mol. The van der Waals surface area contributed by atoms with E-state index in [1.165, 1.54) is 19.4 Å². The van der Waals surface area contributed by atoms with E-state index in [1.807, 2.05) is 13.8 Å². The van der Waals surface area contributed by atoms with Crippen molar-refractivity contribution in [3.63, 3.8) is 0 Å². The Morgan fingerprint density at radius 1 is 1.30 bits per heavy atom. The first-order chi connectivity index (χ1) is 12.8. The van der Waals surface area contributed by atoms with Gasteiger partial charge in [-0.05, 0) is 44.2 Å². The SMILES string of the molecule is COc1cc(/C=N\NC(=O)c2ccc(OC(C)C)cc2)cc([N+](=O)[O-])c1O. The number of hydrogen-bond acceptors (Lipinski definition) is 7. The van der Waals surface area contributed by atoms with E-state index in [4.69, 9.17) is 9.47 Å². The molecule has 0 heterocycles. The molecule has 9 heteroatoms. The maximum Gasteiger partial charge on any atom is 0.315 e. The summed E-state index contributed by atoms with van der Waals surface area (Å²) >= 11 is 0. The summed E-state index contributed by atoms with van der Waals surface area (Å²) in [5.41, 5.74) is 2.45. The maximum absolute atomic E-state index is 12.1. The van der Waals surface area contributed by atoms with Gasteiger partial charge in [0.25, 0.3) is 5.91 Å². The molecule has 0 spiro atoms. The number of nitrogens with zero attached hydrogens (tertiary/aromatic N) is 2. The number of amides is 1. The number of nitrogens with one attached hydrogen (secondary N) is 1. The third kappa shape index (κ3) is 5.18. The van der Waals surface area contributed by atoms with Gasteiger partial charge in [-0.3, -0.25) is 14.9 Å². The second-order valence-electron chi connectivity index (χ2n) is 5.74. The zero-order chi connectivity index (χ0) is 20.0. The minimum Gasteiger partial charge on any atom is -0.500 e. The highest BCUT2D eigenvalue weighted by Gasteiger charge is 2.19. The van der Waals surface area contributed by atoms with E-state index in [-0.39, 0.29) is 17.4 Å². The predicted octanol–water partition coefficient (Wildman–Crippen LogP) is 2.86. The lowest BCUT2D eigenvalue weighted by molar-refractivity contribution is -0.386. The summed E-state index contributed by atoms with van der Waals surface area (Å²) < 4.78 is 10.4. The van der Waals surface area contributed by atoms with Gasteiger partial charge in [-0.25, -0.2) is 5.43 Å². The van der Waals surface area contributed by atoms with E-state index in [1.54, 1.807) is 24.3 Å². The van der Waals surface area contributed by atoms with Gasteiger partial charge in [-0.15, -0.1) is 0 Å². The van der Waals surface area contributed by atoms with E-state index in [0.29, 0.717) is 11.3 Å². The summed E-state index contributed by atoms with van der Waals surface area (Å²) in [7, 11) is 1.27. The Hall–Kier alpha value is -3.62. The normalized spacial score (nSPS) is 10.8. The van der Waals surface area contributed by atoms with Gasteiger partial charge < -0.3 is 14.6 Å². The molecule has 2 N–H and O–H groups in total. The van der Waals surface area contributed by atoms with Crippen LogP contribution in [0.25, 0.3) is 0 Å². The Morgan fingerprint density at radius 3 is 2.52 bits per heavy atom. The zero-order valence-corrected chi connectivity index (χ0v) is 15.0. The first-order valence-corrected chi connectivity index (χ1v) is 7.97. The quantitative estimate of drug-likeness (QED) is 0.437. The molecule has 0 bridgehead atoms. The molecule has 0 saturated carbocycles. The molecule has 0 aliphatic rings. The Balaban J connectivity index is 2.09. The minimum atomic E-state index is -0.742. The van der Waals surface area contributed by atoms with Gasteiger partial charge in [0.2, 0.25) is 5.75 Å². The lowest BCUT2D eigenvalue weighted by atomic mass is 10.2. The average molecular weight is 373 g/mol. The Bertz CT molecular complexity index is 862. The van der Waals surface area contributed by atoms with Crippen molar-refractivity contribution in [2.45, 2.75) is 20.0 Å². The van der Waals surface area contributed by atoms with Crippen LogP contribution in [0.2, 0.25) is 0 Å². The van der Waals surface area contributed by atoms with Crippen LogP contribution in [0.3, 0.4) is 0 Å². The monoisotopic (exact) mass is 373 g/mol. The molecule has 0 atom stereocenters. The van der Waals surface area contributed by atoms with Crippen LogP contribution in [0, 0.1) is 10.1 Å². The molecule has 0 saturated heterocycles. The standard InChI is InChI=1S/C18H19N3O6/c1-11(2)27-14-6-4-13(5-7-14)18(23)20-19-10-12-8-15(21(24)25)17(22)16(9-12)26-3/h4-11,22H,1-3H3,(H,20,23)/b19-10-. The highest BCUT2D eigenvalue weighted by atomic mass is 16.6. The number of aromatic hydroxyl groups is 1. The third-order valence-corrected chi connectivity index (χ3v) is 3.36. The van der Waals surface area contributed by atoms with E-state index in [9.17, 15) is 20.0 Å². The van der Waals surface area contributed by atoms with Gasteiger partial charge in [-0.2, -0.15) is 5.10 Å². The van der Waals surface area contributed by atoms with Gasteiger partial charge in [-0.1, -0.05) is 0 Å². The van der Waals surface area contributed by atoms with Crippen LogP contribution in [0.15, 0.2) is 41.5 Å². The summed E-state index contributed by atoms with van der Waals surface area (Å²) in [6.45, 7) is 3.80. The molecule has 0 aliphatic heterocycles. The zero-order valence-electron chi connectivity index (χ0n) is 15.0. The summed E-state index contributed by atoms with van der Waals surface area (Å²) in [4.78, 5) is 22.3. The van der Waals surface area contributed by atoms with E-state index >= 15 is 0 Å². The fourth-order valence-corrected chi connectivity index (χ4v) is 2.17. The predicted molar refractivity (Wildman–Crippen MR) is 98.6 cm³/mol. The summed E-state index contributed by atoms with van der Waals surface area (Å²) in [6.07, 6.45) is 1.24. The van der Waals surface area contributed by atoms with Crippen molar-refractivity contribution in [1.82, 2.24) is 5.43 Å². The molecule has 0 aromatic heterocycles. The second kappa shape index (κ2) is 8.65. The van der Waals surface area contributed by atoms with Crippen molar-refractivity contribution in [3.8, 4) is 17.2 Å². The van der Waals surface area contributed by atoms with E-state index in [2.05, 4.69) is 10.5 Å². The molecule has 0 radical (unpaired) electrons. The summed E-state index contributed by atoms with van der Waals surface area (Å²) in [5.74, 6) is -0.457. The highest BCUT2D eigenvalue weighted by Crippen LogP contribution is 2.36. The molecule has 2 aromatic rings. The minimum absolute atomic E-state index is 0.0284. The molecule has 27 heavy (non-hydrogen) atoms. The number of carbonyl (C=O) groups is 1. The largest absolute Gasteiger partial charge is 0.500 e. The molecule has 9 nitrogen and oxygen atoms in total. The van der Waals surface area contributed by atoms with Crippen LogP contribution in [0.4, 0.5) is 5.69 Å². The number of nitro benzene ring substituents is 1.